The lowest BCUT2D eigenvalue weighted by atomic mass is 9.92. The number of carbonyl (C=O) groups excluding carboxylic acids is 2. The summed E-state index contributed by atoms with van der Waals surface area (Å²) >= 11 is 0. The molecule has 1 N–H and O–H groups in total. The van der Waals surface area contributed by atoms with Gasteiger partial charge in [-0.15, -0.1) is 0 Å². The molecule has 1 aromatic heterocycles. The Hall–Kier alpha value is -3.12. The van der Waals surface area contributed by atoms with Crippen LogP contribution >= 0.6 is 0 Å². The van der Waals surface area contributed by atoms with E-state index in [4.69, 9.17) is 4.74 Å². The zero-order valence-corrected chi connectivity index (χ0v) is 17.3. The Morgan fingerprint density at radius 1 is 1.13 bits per heavy atom. The second kappa shape index (κ2) is 7.85. The first-order valence-corrected chi connectivity index (χ1v) is 10.6. The predicted octanol–water partition coefficient (Wildman–Crippen LogP) is 4.92. The van der Waals surface area contributed by atoms with Gasteiger partial charge in [-0.05, 0) is 66.1 Å². The van der Waals surface area contributed by atoms with Crippen LogP contribution in [0.1, 0.15) is 35.2 Å². The number of aromatic nitrogens is 1. The summed E-state index contributed by atoms with van der Waals surface area (Å²) in [4.78, 5) is 28.9. The van der Waals surface area contributed by atoms with Gasteiger partial charge in [0.05, 0.1) is 13.2 Å². The normalized spacial score (nSPS) is 16.2. The van der Waals surface area contributed by atoms with Crippen molar-refractivity contribution in [2.24, 2.45) is 11.8 Å². The number of hydrogen-bond donors (Lipinski definition) is 1. The minimum atomic E-state index is -0.387. The van der Waals surface area contributed by atoms with E-state index in [1.54, 1.807) is 19.2 Å². The fourth-order valence-electron chi connectivity index (χ4n) is 3.87. The minimum Gasteiger partial charge on any atom is -0.381 e. The van der Waals surface area contributed by atoms with Crippen LogP contribution in [0.15, 0.2) is 42.6 Å². The van der Waals surface area contributed by atoms with Crippen molar-refractivity contribution in [1.82, 2.24) is 4.98 Å². The van der Waals surface area contributed by atoms with Crippen LogP contribution in [0.5, 0.6) is 0 Å². The van der Waals surface area contributed by atoms with Crippen molar-refractivity contribution < 1.29 is 18.7 Å². The summed E-state index contributed by atoms with van der Waals surface area (Å²) in [7, 11) is 0. The number of Topliss-reactive ketones (excluding diaryl/α,β-unsaturated/α-hetero) is 1. The molecular weight excluding hydrogens is 395 g/mol. The molecule has 2 heterocycles. The number of ether oxygens (including phenoxy) is 1. The smallest absolute Gasteiger partial charge is 0.228 e. The monoisotopic (exact) mass is 418 g/mol. The quantitative estimate of drug-likeness (QED) is 0.577. The van der Waals surface area contributed by atoms with Gasteiger partial charge in [0.1, 0.15) is 11.6 Å². The van der Waals surface area contributed by atoms with Gasteiger partial charge in [-0.2, -0.15) is 0 Å². The summed E-state index contributed by atoms with van der Waals surface area (Å²) in [6.07, 6.45) is 3.96. The van der Waals surface area contributed by atoms with Crippen LogP contribution in [0.25, 0.3) is 21.9 Å². The number of fused-ring (bicyclic) bond motifs is 1. The van der Waals surface area contributed by atoms with Crippen LogP contribution in [0.3, 0.4) is 0 Å². The van der Waals surface area contributed by atoms with Crippen LogP contribution in [-0.2, 0) is 9.53 Å². The van der Waals surface area contributed by atoms with Crippen LogP contribution in [-0.4, -0.2) is 29.9 Å². The number of carbonyl (C=O) groups is 2. The van der Waals surface area contributed by atoms with Crippen molar-refractivity contribution in [2.45, 2.75) is 26.2 Å². The predicted molar refractivity (Wildman–Crippen MR) is 116 cm³/mol. The third-order valence-corrected chi connectivity index (χ3v) is 6.08. The van der Waals surface area contributed by atoms with Crippen molar-refractivity contribution in [2.75, 3.05) is 18.5 Å². The van der Waals surface area contributed by atoms with Crippen molar-refractivity contribution in [3.63, 3.8) is 0 Å². The summed E-state index contributed by atoms with van der Waals surface area (Å²) in [6, 6.07) is 10.7. The molecule has 5 rings (SSSR count). The Balaban J connectivity index is 1.44. The summed E-state index contributed by atoms with van der Waals surface area (Å²) in [5.74, 6) is 0.441. The first-order chi connectivity index (χ1) is 15.0. The second-order valence-electron chi connectivity index (χ2n) is 8.56. The van der Waals surface area contributed by atoms with Crippen molar-refractivity contribution >= 4 is 28.3 Å². The Bertz CT molecular complexity index is 1200. The SMILES string of the molecule is Cc1c(F)cc(C(=O)CC2COC2)cc1-c1ccc2cc(NC(=O)C3CC3)ncc2c1. The van der Waals surface area contributed by atoms with E-state index in [0.29, 0.717) is 42.1 Å². The summed E-state index contributed by atoms with van der Waals surface area (Å²) < 4.78 is 19.8. The average molecular weight is 418 g/mol. The largest absolute Gasteiger partial charge is 0.381 e. The highest BCUT2D eigenvalue weighted by Gasteiger charge is 2.29. The fourth-order valence-corrected chi connectivity index (χ4v) is 3.87. The van der Waals surface area contributed by atoms with Crippen molar-refractivity contribution in [1.29, 1.82) is 0 Å². The van der Waals surface area contributed by atoms with Gasteiger partial charge >= 0.3 is 0 Å². The molecule has 0 bridgehead atoms. The van der Waals surface area contributed by atoms with Crippen molar-refractivity contribution in [3.8, 4) is 11.1 Å². The van der Waals surface area contributed by atoms with E-state index in [0.717, 1.165) is 29.2 Å². The molecule has 1 aliphatic carbocycles. The maximum absolute atomic E-state index is 14.6. The van der Waals surface area contributed by atoms with E-state index in [2.05, 4.69) is 10.3 Å². The number of pyridine rings is 1. The number of nitrogens with zero attached hydrogens (tertiary/aromatic N) is 1. The van der Waals surface area contributed by atoms with Gasteiger partial charge < -0.3 is 10.1 Å². The summed E-state index contributed by atoms with van der Waals surface area (Å²) in [5, 5.41) is 4.67. The molecule has 5 nitrogen and oxygen atoms in total. The number of benzene rings is 2. The highest BCUT2D eigenvalue weighted by Crippen LogP contribution is 2.32. The van der Waals surface area contributed by atoms with Gasteiger partial charge in [0.2, 0.25) is 5.91 Å². The van der Waals surface area contributed by atoms with Gasteiger partial charge in [0.25, 0.3) is 0 Å². The van der Waals surface area contributed by atoms with Crippen LogP contribution in [0.2, 0.25) is 0 Å². The molecule has 2 fully saturated rings. The van der Waals surface area contributed by atoms with Gasteiger partial charge in [-0.3, -0.25) is 9.59 Å². The summed E-state index contributed by atoms with van der Waals surface area (Å²) in [5.41, 5.74) is 2.41. The molecule has 3 aromatic rings. The van der Waals surface area contributed by atoms with E-state index in [1.807, 2.05) is 24.3 Å². The molecule has 1 amide bonds. The van der Waals surface area contributed by atoms with E-state index in [9.17, 15) is 14.0 Å². The zero-order valence-electron chi connectivity index (χ0n) is 17.3. The number of nitrogens with one attached hydrogen (secondary N) is 1. The number of halogens is 1. The summed E-state index contributed by atoms with van der Waals surface area (Å²) in [6.45, 7) is 2.90. The first kappa shape index (κ1) is 19.8. The number of hydrogen-bond acceptors (Lipinski definition) is 4. The molecule has 1 saturated carbocycles. The molecule has 2 aliphatic rings. The molecule has 0 spiro atoms. The maximum atomic E-state index is 14.6. The molecule has 0 unspecified atom stereocenters. The Labute approximate surface area is 179 Å². The van der Waals surface area contributed by atoms with Gasteiger partial charge in [-0.1, -0.05) is 12.1 Å². The zero-order chi connectivity index (χ0) is 21.5. The lowest BCUT2D eigenvalue weighted by Gasteiger charge is -2.25. The molecule has 31 heavy (non-hydrogen) atoms. The van der Waals surface area contributed by atoms with Crippen molar-refractivity contribution in [3.05, 3.63) is 59.5 Å². The number of rotatable bonds is 6. The lowest BCUT2D eigenvalue weighted by molar-refractivity contribution is -0.117. The molecule has 1 saturated heterocycles. The molecular formula is C25H23FN2O3. The molecule has 0 atom stereocenters. The Morgan fingerprint density at radius 2 is 1.94 bits per heavy atom. The van der Waals surface area contributed by atoms with E-state index >= 15 is 0 Å². The van der Waals surface area contributed by atoms with Crippen LogP contribution in [0.4, 0.5) is 10.2 Å². The van der Waals surface area contributed by atoms with E-state index in [1.165, 1.54) is 6.07 Å². The molecule has 0 radical (unpaired) electrons. The third-order valence-electron chi connectivity index (χ3n) is 6.08. The topological polar surface area (TPSA) is 68.3 Å². The molecule has 6 heteroatoms. The van der Waals surface area contributed by atoms with E-state index in [-0.39, 0.29) is 29.3 Å². The van der Waals surface area contributed by atoms with Gasteiger partial charge in [-0.25, -0.2) is 9.37 Å². The third kappa shape index (κ3) is 4.08. The highest BCUT2D eigenvalue weighted by atomic mass is 19.1. The van der Waals surface area contributed by atoms with Crippen LogP contribution < -0.4 is 5.32 Å². The second-order valence-corrected chi connectivity index (χ2v) is 8.56. The van der Waals surface area contributed by atoms with Crippen LogP contribution in [0, 0.1) is 24.6 Å². The Morgan fingerprint density at radius 3 is 2.65 bits per heavy atom. The molecule has 2 aromatic carbocycles. The standard InChI is InChI=1S/C25H23FN2O3/c1-14-21(8-19(9-22(14)26)23(29)6-15-12-31-13-15)18-5-4-17-10-24(27-11-20(17)7-18)28-25(30)16-2-3-16/h4-5,7-11,15-16H,2-3,6,12-13H2,1H3,(H,27,28,30). The number of anilines is 1. The lowest BCUT2D eigenvalue weighted by Crippen LogP contribution is -2.29. The molecule has 158 valence electrons. The van der Waals surface area contributed by atoms with Gasteiger partial charge in [0, 0.05) is 35.4 Å². The highest BCUT2D eigenvalue weighted by molar-refractivity contribution is 5.99. The van der Waals surface area contributed by atoms with E-state index < -0.39 is 0 Å². The number of ketones is 1. The maximum Gasteiger partial charge on any atom is 0.228 e. The average Bonchev–Trinajstić information content (AvgIpc) is 3.57. The Kier molecular flexibility index (Phi) is 5.02. The first-order valence-electron chi connectivity index (χ1n) is 10.6. The fraction of sp³-hybridized carbons (Fsp3) is 0.320. The minimum absolute atomic E-state index is 0.0181. The number of amides is 1. The molecule has 1 aliphatic heterocycles. The van der Waals surface area contributed by atoms with Gasteiger partial charge in [0.15, 0.2) is 5.78 Å².